The highest BCUT2D eigenvalue weighted by Gasteiger charge is 2.47. The molecule has 2 aromatic carbocycles. The highest BCUT2D eigenvalue weighted by atomic mass is 32.2. The zero-order valence-corrected chi connectivity index (χ0v) is 19.8. The van der Waals surface area contributed by atoms with E-state index in [1.165, 1.54) is 49.8 Å². The molecule has 9 heteroatoms. The fraction of sp³-hybridized carbons (Fsp3) is 0.250. The summed E-state index contributed by atoms with van der Waals surface area (Å²) >= 11 is 1.26. The first kappa shape index (κ1) is 23.2. The largest absolute Gasteiger partial charge is 0.497 e. The lowest BCUT2D eigenvalue weighted by molar-refractivity contribution is -0.145. The molecule has 0 radical (unpaired) electrons. The lowest BCUT2D eigenvalue weighted by atomic mass is 9.86. The van der Waals surface area contributed by atoms with E-state index in [1.807, 2.05) is 30.3 Å². The molecule has 2 unspecified atom stereocenters. The van der Waals surface area contributed by atoms with Crippen molar-refractivity contribution in [3.05, 3.63) is 82.0 Å². The number of ether oxygens (including phenoxy) is 2. The summed E-state index contributed by atoms with van der Waals surface area (Å²) in [5.74, 6) is -1.16. The maximum Gasteiger partial charge on any atom is 0.324 e. The van der Waals surface area contributed by atoms with E-state index in [-0.39, 0.29) is 10.7 Å². The highest BCUT2D eigenvalue weighted by molar-refractivity contribution is 7.89. The van der Waals surface area contributed by atoms with Gasteiger partial charge in [0.25, 0.3) is 0 Å². The van der Waals surface area contributed by atoms with Gasteiger partial charge in [0.1, 0.15) is 11.8 Å². The fourth-order valence-electron chi connectivity index (χ4n) is 4.13. The molecule has 1 aromatic heterocycles. The van der Waals surface area contributed by atoms with Crippen molar-refractivity contribution in [1.82, 2.24) is 4.31 Å². The van der Waals surface area contributed by atoms with E-state index in [1.54, 1.807) is 11.4 Å². The van der Waals surface area contributed by atoms with Crippen LogP contribution in [0.4, 0.5) is 0 Å². The van der Waals surface area contributed by atoms with Gasteiger partial charge in [-0.2, -0.15) is 4.31 Å². The summed E-state index contributed by atoms with van der Waals surface area (Å²) in [4.78, 5) is 26.7. The zero-order valence-electron chi connectivity index (χ0n) is 18.1. The molecule has 2 heterocycles. The molecule has 4 rings (SSSR count). The minimum absolute atomic E-state index is 0.0336. The summed E-state index contributed by atoms with van der Waals surface area (Å²) in [6.45, 7) is -0.451. The number of hydrogen-bond donors (Lipinski definition) is 0. The van der Waals surface area contributed by atoms with Crippen molar-refractivity contribution in [2.45, 2.75) is 23.3 Å². The number of carbonyl (C=O) groups excluding carboxylic acids is 2. The molecule has 2 atom stereocenters. The van der Waals surface area contributed by atoms with Gasteiger partial charge in [0.05, 0.1) is 30.5 Å². The quantitative estimate of drug-likeness (QED) is 0.497. The Hall–Kier alpha value is -3.01. The van der Waals surface area contributed by atoms with Gasteiger partial charge in [-0.15, -0.1) is 11.3 Å². The number of rotatable bonds is 6. The lowest BCUT2D eigenvalue weighted by Gasteiger charge is -2.32. The van der Waals surface area contributed by atoms with Crippen LogP contribution in [0.3, 0.4) is 0 Å². The Labute approximate surface area is 196 Å². The lowest BCUT2D eigenvalue weighted by Crippen LogP contribution is -2.49. The number of fused-ring (bicyclic) bond motifs is 1. The molecule has 0 spiro atoms. The fourth-order valence-corrected chi connectivity index (χ4v) is 6.60. The number of methoxy groups -OCH3 is 2. The zero-order chi connectivity index (χ0) is 23.6. The number of thiophene rings is 1. The molecule has 0 N–H and O–H groups in total. The summed E-state index contributed by atoms with van der Waals surface area (Å²) < 4.78 is 38.6. The molecule has 0 aliphatic carbocycles. The van der Waals surface area contributed by atoms with E-state index in [2.05, 4.69) is 0 Å². The van der Waals surface area contributed by atoms with E-state index < -0.39 is 34.5 Å². The molecule has 33 heavy (non-hydrogen) atoms. The molecule has 172 valence electrons. The van der Waals surface area contributed by atoms with Crippen molar-refractivity contribution >= 4 is 33.1 Å². The van der Waals surface area contributed by atoms with Gasteiger partial charge in [-0.05, 0) is 53.3 Å². The Bertz CT molecular complexity index is 1250. The second kappa shape index (κ2) is 9.46. The van der Waals surface area contributed by atoms with Crippen LogP contribution >= 0.6 is 11.3 Å². The summed E-state index contributed by atoms with van der Waals surface area (Å²) in [6.07, 6.45) is 0.367. The standard InChI is InChI=1S/C24H23NO6S2/c1-30-17-8-10-18(11-9-17)33(28,29)25-15-21(26)23-19(12-13-32-23)20(22(25)24(27)31-2)14-16-6-4-3-5-7-16/h3-13,20,22H,14-15H2,1-2H3. The van der Waals surface area contributed by atoms with Crippen LogP contribution in [0.1, 0.15) is 26.7 Å². The third-order valence-corrected chi connectivity index (χ3v) is 8.56. The molecular weight excluding hydrogens is 462 g/mol. The van der Waals surface area contributed by atoms with Crippen LogP contribution in [-0.2, 0) is 26.0 Å². The summed E-state index contributed by atoms with van der Waals surface area (Å²) in [7, 11) is -1.50. The van der Waals surface area contributed by atoms with E-state index in [4.69, 9.17) is 9.47 Å². The van der Waals surface area contributed by atoms with E-state index >= 15 is 0 Å². The normalized spacial score (nSPS) is 18.9. The Morgan fingerprint density at radius 2 is 1.76 bits per heavy atom. The van der Waals surface area contributed by atoms with Crippen molar-refractivity contribution in [3.8, 4) is 5.75 Å². The predicted molar refractivity (Wildman–Crippen MR) is 124 cm³/mol. The molecule has 1 aliphatic rings. The second-order valence-corrected chi connectivity index (χ2v) is 10.4. The summed E-state index contributed by atoms with van der Waals surface area (Å²) in [6, 6.07) is 15.9. The van der Waals surface area contributed by atoms with Crippen LogP contribution < -0.4 is 4.74 Å². The topological polar surface area (TPSA) is 90.0 Å². The van der Waals surface area contributed by atoms with Crippen LogP contribution in [0.2, 0.25) is 0 Å². The smallest absolute Gasteiger partial charge is 0.324 e. The minimum Gasteiger partial charge on any atom is -0.497 e. The second-order valence-electron chi connectivity index (χ2n) is 7.62. The Morgan fingerprint density at radius 1 is 1.06 bits per heavy atom. The number of sulfonamides is 1. The average molecular weight is 486 g/mol. The van der Waals surface area contributed by atoms with Crippen molar-refractivity contribution in [2.24, 2.45) is 0 Å². The van der Waals surface area contributed by atoms with Crippen molar-refractivity contribution in [1.29, 1.82) is 0 Å². The number of carbonyl (C=O) groups is 2. The van der Waals surface area contributed by atoms with Crippen LogP contribution in [0.25, 0.3) is 0 Å². The van der Waals surface area contributed by atoms with Gasteiger partial charge in [0.2, 0.25) is 10.0 Å². The van der Waals surface area contributed by atoms with Crippen LogP contribution in [0.15, 0.2) is 70.9 Å². The first-order valence-corrected chi connectivity index (χ1v) is 12.6. The van der Waals surface area contributed by atoms with Crippen molar-refractivity contribution < 1.29 is 27.5 Å². The number of hydrogen-bond acceptors (Lipinski definition) is 7. The minimum atomic E-state index is -4.21. The van der Waals surface area contributed by atoms with Gasteiger partial charge in [-0.25, -0.2) is 8.42 Å². The van der Waals surface area contributed by atoms with E-state index in [0.717, 1.165) is 9.87 Å². The van der Waals surface area contributed by atoms with E-state index in [9.17, 15) is 18.0 Å². The molecule has 3 aromatic rings. The molecule has 0 saturated carbocycles. The maximum absolute atomic E-state index is 13.7. The highest BCUT2D eigenvalue weighted by Crippen LogP contribution is 2.39. The van der Waals surface area contributed by atoms with Gasteiger partial charge >= 0.3 is 5.97 Å². The molecule has 1 aliphatic heterocycles. The van der Waals surface area contributed by atoms with Gasteiger partial charge in [-0.3, -0.25) is 9.59 Å². The molecule has 7 nitrogen and oxygen atoms in total. The van der Waals surface area contributed by atoms with Gasteiger partial charge < -0.3 is 9.47 Å². The predicted octanol–water partition coefficient (Wildman–Crippen LogP) is 3.51. The first-order chi connectivity index (χ1) is 15.9. The Kier molecular flexibility index (Phi) is 6.64. The molecule has 0 saturated heterocycles. The number of ketones is 1. The maximum atomic E-state index is 13.7. The third-order valence-electron chi connectivity index (χ3n) is 5.75. The first-order valence-electron chi connectivity index (χ1n) is 10.2. The van der Waals surface area contributed by atoms with Gasteiger partial charge in [0.15, 0.2) is 5.78 Å². The van der Waals surface area contributed by atoms with Gasteiger partial charge in [-0.1, -0.05) is 30.3 Å². The molecular formula is C24H23NO6S2. The monoisotopic (exact) mass is 485 g/mol. The number of nitrogens with zero attached hydrogens (tertiary/aromatic N) is 1. The van der Waals surface area contributed by atoms with Crippen molar-refractivity contribution in [3.63, 3.8) is 0 Å². The van der Waals surface area contributed by atoms with Gasteiger partial charge in [0, 0.05) is 5.92 Å². The van der Waals surface area contributed by atoms with Crippen molar-refractivity contribution in [2.75, 3.05) is 20.8 Å². The molecule has 0 amide bonds. The average Bonchev–Trinajstić information content (AvgIpc) is 3.29. The Morgan fingerprint density at radius 3 is 2.39 bits per heavy atom. The SMILES string of the molecule is COC(=O)C1C(Cc2ccccc2)c2ccsc2C(=O)CN1S(=O)(=O)c1ccc(OC)cc1. The Balaban J connectivity index is 1.86. The number of esters is 1. The van der Waals surface area contributed by atoms with Crippen LogP contribution in [0, 0.1) is 0 Å². The van der Waals surface area contributed by atoms with Crippen LogP contribution in [-0.4, -0.2) is 51.3 Å². The van der Waals surface area contributed by atoms with E-state index in [0.29, 0.717) is 22.6 Å². The number of benzene rings is 2. The number of Topliss-reactive ketones (excluding diaryl/α,β-unsaturated/α-hetero) is 1. The van der Waals surface area contributed by atoms with Crippen LogP contribution in [0.5, 0.6) is 5.75 Å². The third kappa shape index (κ3) is 4.44. The molecule has 0 fully saturated rings. The summed E-state index contributed by atoms with van der Waals surface area (Å²) in [5, 5.41) is 1.79. The summed E-state index contributed by atoms with van der Waals surface area (Å²) in [5.41, 5.74) is 1.58. The molecule has 0 bridgehead atoms.